The quantitative estimate of drug-likeness (QED) is 0.678. The van der Waals surface area contributed by atoms with Gasteiger partial charge in [0.1, 0.15) is 0 Å². The maximum absolute atomic E-state index is 11.5. The van der Waals surface area contributed by atoms with Crippen molar-refractivity contribution in [3.8, 4) is 5.88 Å². The summed E-state index contributed by atoms with van der Waals surface area (Å²) < 4.78 is 6.78. The van der Waals surface area contributed by atoms with Gasteiger partial charge in [-0.25, -0.2) is 4.68 Å². The second-order valence-corrected chi connectivity index (χ2v) is 3.83. The molecular formula is C9H14BN3O2. The van der Waals surface area contributed by atoms with E-state index in [0.717, 1.165) is 0 Å². The van der Waals surface area contributed by atoms with Gasteiger partial charge in [0.05, 0.1) is 12.3 Å². The molecule has 0 bridgehead atoms. The molecular weight excluding hydrogens is 193 g/mol. The van der Waals surface area contributed by atoms with Crippen molar-refractivity contribution in [3.05, 3.63) is 16.4 Å². The van der Waals surface area contributed by atoms with Gasteiger partial charge < -0.3 is 9.96 Å². The van der Waals surface area contributed by atoms with Gasteiger partial charge in [-0.05, 0) is 18.8 Å². The van der Waals surface area contributed by atoms with Crippen molar-refractivity contribution in [2.75, 3.05) is 11.8 Å². The molecule has 1 fully saturated rings. The molecule has 0 atom stereocenters. The predicted octanol–water partition coefficient (Wildman–Crippen LogP) is -0.471. The number of hydrogen-bond acceptors (Lipinski definition) is 4. The molecule has 80 valence electrons. The Morgan fingerprint density at radius 1 is 1.73 bits per heavy atom. The minimum Gasteiger partial charge on any atom is -0.476 e. The molecule has 1 aromatic heterocycles. The molecule has 0 aromatic carbocycles. The summed E-state index contributed by atoms with van der Waals surface area (Å²) in [6.07, 6.45) is 2.48. The third-order valence-corrected chi connectivity index (χ3v) is 2.47. The largest absolute Gasteiger partial charge is 0.476 e. The van der Waals surface area contributed by atoms with Crippen LogP contribution >= 0.6 is 0 Å². The fourth-order valence-electron chi connectivity index (χ4n) is 1.32. The summed E-state index contributed by atoms with van der Waals surface area (Å²) >= 11 is 0. The van der Waals surface area contributed by atoms with Crippen LogP contribution in [0.25, 0.3) is 0 Å². The molecule has 0 aliphatic heterocycles. The van der Waals surface area contributed by atoms with E-state index in [1.165, 1.54) is 17.5 Å². The lowest BCUT2D eigenvalue weighted by atomic mass is 10.3. The topological polar surface area (TPSA) is 56.1 Å². The average molecular weight is 207 g/mol. The molecule has 1 aliphatic rings. The zero-order valence-corrected chi connectivity index (χ0v) is 8.99. The highest BCUT2D eigenvalue weighted by Gasteiger charge is 2.22. The molecule has 5 nitrogen and oxygen atoms in total. The lowest BCUT2D eigenvalue weighted by Gasteiger charge is -2.07. The Morgan fingerprint density at radius 2 is 2.47 bits per heavy atom. The third kappa shape index (κ3) is 2.32. The van der Waals surface area contributed by atoms with Gasteiger partial charge in [-0.15, -0.1) is 5.10 Å². The number of nitrogens with one attached hydrogen (secondary N) is 1. The van der Waals surface area contributed by atoms with E-state index < -0.39 is 0 Å². The molecule has 15 heavy (non-hydrogen) atoms. The first-order chi connectivity index (χ1) is 7.20. The van der Waals surface area contributed by atoms with Crippen molar-refractivity contribution in [1.29, 1.82) is 0 Å². The second-order valence-electron chi connectivity index (χ2n) is 3.83. The number of aryl methyl sites for hydroxylation is 1. The maximum atomic E-state index is 11.5. The number of aromatic nitrogens is 2. The molecule has 0 radical (unpaired) electrons. The van der Waals surface area contributed by atoms with Gasteiger partial charge in [-0.2, -0.15) is 0 Å². The summed E-state index contributed by atoms with van der Waals surface area (Å²) in [5.41, 5.74) is 0.370. The Labute approximate surface area is 88.9 Å². The zero-order chi connectivity index (χ0) is 10.8. The van der Waals surface area contributed by atoms with Crippen molar-refractivity contribution in [2.24, 2.45) is 13.0 Å². The van der Waals surface area contributed by atoms with Crippen LogP contribution < -0.4 is 15.5 Å². The summed E-state index contributed by atoms with van der Waals surface area (Å²) in [4.78, 5) is 11.5. The number of rotatable bonds is 4. The van der Waals surface area contributed by atoms with Crippen LogP contribution in [0.1, 0.15) is 12.8 Å². The summed E-state index contributed by atoms with van der Waals surface area (Å²) in [6.45, 7) is 0.703. The molecule has 1 heterocycles. The Hall–Kier alpha value is -1.46. The SMILES string of the molecule is BNc1cc(OCC2CC2)nn(C)c1=O. The molecule has 6 heteroatoms. The standard InChI is InChI=1S/C9H14BN3O2/c1-13-9(14)7(11-10)4-8(12-13)15-5-6-2-3-6/h4,6,11H,2-3,5,10H2,1H3. The summed E-state index contributed by atoms with van der Waals surface area (Å²) in [7, 11) is 3.33. The smallest absolute Gasteiger partial charge is 0.288 e. The van der Waals surface area contributed by atoms with E-state index in [4.69, 9.17) is 4.74 Å². The Bertz CT molecular complexity index is 414. The first-order valence-corrected chi connectivity index (χ1v) is 5.09. The van der Waals surface area contributed by atoms with Crippen molar-refractivity contribution >= 4 is 13.7 Å². The average Bonchev–Trinajstić information content (AvgIpc) is 3.03. The minimum absolute atomic E-state index is 0.142. The fraction of sp³-hybridized carbons (Fsp3) is 0.556. The number of ether oxygens (including phenoxy) is 1. The van der Waals surface area contributed by atoms with Crippen LogP contribution in [0.15, 0.2) is 10.9 Å². The minimum atomic E-state index is -0.142. The molecule has 0 amide bonds. The molecule has 2 rings (SSSR count). The van der Waals surface area contributed by atoms with Crippen molar-refractivity contribution in [2.45, 2.75) is 12.8 Å². The Kier molecular flexibility index (Phi) is 2.66. The van der Waals surface area contributed by atoms with E-state index in [1.54, 1.807) is 21.1 Å². The van der Waals surface area contributed by atoms with Gasteiger partial charge in [0.25, 0.3) is 5.56 Å². The van der Waals surface area contributed by atoms with Gasteiger partial charge in [-0.1, -0.05) is 0 Å². The van der Waals surface area contributed by atoms with Gasteiger partial charge >= 0.3 is 0 Å². The Balaban J connectivity index is 2.15. The van der Waals surface area contributed by atoms with Crippen molar-refractivity contribution in [3.63, 3.8) is 0 Å². The van der Waals surface area contributed by atoms with Gasteiger partial charge in [0, 0.05) is 13.1 Å². The highest BCUT2D eigenvalue weighted by Crippen LogP contribution is 2.29. The van der Waals surface area contributed by atoms with Crippen molar-refractivity contribution in [1.82, 2.24) is 9.78 Å². The van der Waals surface area contributed by atoms with Crippen LogP contribution in [0.5, 0.6) is 5.88 Å². The third-order valence-electron chi connectivity index (χ3n) is 2.47. The lowest BCUT2D eigenvalue weighted by molar-refractivity contribution is 0.281. The van der Waals surface area contributed by atoms with Gasteiger partial charge in [-0.3, -0.25) is 4.79 Å². The highest BCUT2D eigenvalue weighted by atomic mass is 16.5. The second kappa shape index (κ2) is 3.96. The molecule has 1 aliphatic carbocycles. The zero-order valence-electron chi connectivity index (χ0n) is 8.99. The first kappa shape index (κ1) is 10.1. The van der Waals surface area contributed by atoms with Gasteiger partial charge in [0.2, 0.25) is 13.9 Å². The van der Waals surface area contributed by atoms with Crippen LogP contribution in [0.3, 0.4) is 0 Å². The fourth-order valence-corrected chi connectivity index (χ4v) is 1.32. The van der Waals surface area contributed by atoms with Crippen LogP contribution in [-0.4, -0.2) is 24.4 Å². The lowest BCUT2D eigenvalue weighted by Crippen LogP contribution is -2.23. The Morgan fingerprint density at radius 3 is 3.07 bits per heavy atom. The number of nitrogens with zero attached hydrogens (tertiary/aromatic N) is 2. The molecule has 0 unspecified atom stereocenters. The summed E-state index contributed by atoms with van der Waals surface area (Å²) in [5.74, 6) is 1.19. The van der Waals surface area contributed by atoms with E-state index in [1.807, 2.05) is 0 Å². The van der Waals surface area contributed by atoms with Crippen molar-refractivity contribution < 1.29 is 4.74 Å². The van der Waals surface area contributed by atoms with Crippen LogP contribution in [-0.2, 0) is 7.05 Å². The van der Waals surface area contributed by atoms with Crippen LogP contribution in [0.2, 0.25) is 0 Å². The van der Waals surface area contributed by atoms with E-state index in [2.05, 4.69) is 10.3 Å². The van der Waals surface area contributed by atoms with Crippen LogP contribution in [0.4, 0.5) is 5.69 Å². The molecule has 0 saturated heterocycles. The van der Waals surface area contributed by atoms with E-state index in [9.17, 15) is 4.79 Å². The molecule has 1 N–H and O–H groups in total. The normalized spacial score (nSPS) is 15.0. The highest BCUT2D eigenvalue weighted by molar-refractivity contribution is 6.15. The maximum Gasteiger partial charge on any atom is 0.288 e. The molecule has 1 saturated carbocycles. The van der Waals surface area contributed by atoms with E-state index in [0.29, 0.717) is 24.1 Å². The summed E-state index contributed by atoms with van der Waals surface area (Å²) in [5, 5.41) is 6.85. The number of anilines is 1. The van der Waals surface area contributed by atoms with Crippen LogP contribution in [0, 0.1) is 5.92 Å². The summed E-state index contributed by atoms with van der Waals surface area (Å²) in [6, 6.07) is 1.64. The molecule has 0 spiro atoms. The van der Waals surface area contributed by atoms with E-state index in [-0.39, 0.29) is 5.56 Å². The monoisotopic (exact) mass is 207 g/mol. The number of hydrogen-bond donors (Lipinski definition) is 1. The van der Waals surface area contributed by atoms with Gasteiger partial charge in [0.15, 0.2) is 0 Å². The molecule has 1 aromatic rings. The first-order valence-electron chi connectivity index (χ1n) is 5.09. The predicted molar refractivity (Wildman–Crippen MR) is 59.9 cm³/mol. The van der Waals surface area contributed by atoms with E-state index >= 15 is 0 Å².